The van der Waals surface area contributed by atoms with Crippen LogP contribution in [-0.4, -0.2) is 24.2 Å². The molecule has 126 valence electrons. The van der Waals surface area contributed by atoms with Gasteiger partial charge < -0.3 is 10.4 Å². The van der Waals surface area contributed by atoms with E-state index in [4.69, 9.17) is 5.11 Å². The summed E-state index contributed by atoms with van der Waals surface area (Å²) >= 11 is 0. The molecule has 0 saturated heterocycles. The highest BCUT2D eigenvalue weighted by Gasteiger charge is 2.02. The number of carbonyl (C=O) groups is 1. The quantitative estimate of drug-likeness (QED) is 0.439. The molecule has 1 unspecified atom stereocenters. The van der Waals surface area contributed by atoms with Crippen LogP contribution in [0.3, 0.4) is 0 Å². The van der Waals surface area contributed by atoms with E-state index < -0.39 is 0 Å². The van der Waals surface area contributed by atoms with E-state index in [1.807, 2.05) is 6.92 Å². The summed E-state index contributed by atoms with van der Waals surface area (Å²) in [5, 5.41) is 11.9. The van der Waals surface area contributed by atoms with Gasteiger partial charge in [-0.1, -0.05) is 65.2 Å². The average molecular weight is 299 g/mol. The van der Waals surface area contributed by atoms with E-state index in [0.29, 0.717) is 12.3 Å². The minimum absolute atomic E-state index is 0.189. The Hall–Kier alpha value is -0.570. The van der Waals surface area contributed by atoms with E-state index in [9.17, 15) is 4.79 Å². The normalized spacial score (nSPS) is 12.3. The standard InChI is InChI=1S/C18H37NO2/c1-3-4-5-6-7-8-9-10-11-14-18(21)19-15-12-13-17(2)16-20/h17,20H,3-16H2,1-2H3,(H,19,21). The second-order valence-corrected chi connectivity index (χ2v) is 6.36. The lowest BCUT2D eigenvalue weighted by Gasteiger charge is -2.08. The highest BCUT2D eigenvalue weighted by atomic mass is 16.3. The topological polar surface area (TPSA) is 49.3 Å². The van der Waals surface area contributed by atoms with Gasteiger partial charge in [0.1, 0.15) is 0 Å². The molecular weight excluding hydrogens is 262 g/mol. The number of aliphatic hydroxyl groups is 1. The Kier molecular flexibility index (Phi) is 15.4. The third-order valence-electron chi connectivity index (χ3n) is 4.01. The molecule has 0 aliphatic heterocycles. The maximum atomic E-state index is 11.6. The molecule has 0 radical (unpaired) electrons. The van der Waals surface area contributed by atoms with Gasteiger partial charge in [0, 0.05) is 19.6 Å². The molecule has 0 heterocycles. The molecule has 3 heteroatoms. The molecule has 21 heavy (non-hydrogen) atoms. The van der Waals surface area contributed by atoms with Crippen molar-refractivity contribution in [2.75, 3.05) is 13.2 Å². The van der Waals surface area contributed by atoms with Crippen LogP contribution in [0, 0.1) is 5.92 Å². The lowest BCUT2D eigenvalue weighted by Crippen LogP contribution is -2.24. The summed E-state index contributed by atoms with van der Waals surface area (Å²) in [5.74, 6) is 0.536. The first-order chi connectivity index (χ1) is 10.2. The Bertz CT molecular complexity index is 231. The molecule has 2 N–H and O–H groups in total. The molecule has 3 nitrogen and oxygen atoms in total. The fourth-order valence-electron chi connectivity index (χ4n) is 2.45. The van der Waals surface area contributed by atoms with Crippen molar-refractivity contribution in [3.8, 4) is 0 Å². The zero-order valence-electron chi connectivity index (χ0n) is 14.3. The van der Waals surface area contributed by atoms with Crippen LogP contribution in [0.2, 0.25) is 0 Å². The minimum atomic E-state index is 0.189. The van der Waals surface area contributed by atoms with Crippen LogP contribution in [0.1, 0.15) is 90.9 Å². The SMILES string of the molecule is CCCCCCCCCCCC(=O)NCCCC(C)CO. The van der Waals surface area contributed by atoms with Crippen molar-refractivity contribution >= 4 is 5.91 Å². The van der Waals surface area contributed by atoms with Gasteiger partial charge in [-0.2, -0.15) is 0 Å². The Labute approximate surface area is 131 Å². The monoisotopic (exact) mass is 299 g/mol. The maximum absolute atomic E-state index is 11.6. The Morgan fingerprint density at radius 2 is 1.52 bits per heavy atom. The van der Waals surface area contributed by atoms with Gasteiger partial charge in [-0.3, -0.25) is 4.79 Å². The van der Waals surface area contributed by atoms with Crippen LogP contribution in [0.4, 0.5) is 0 Å². The van der Waals surface area contributed by atoms with Crippen LogP contribution in [0.5, 0.6) is 0 Å². The van der Waals surface area contributed by atoms with Crippen molar-refractivity contribution in [3.63, 3.8) is 0 Å². The summed E-state index contributed by atoms with van der Waals surface area (Å²) in [6, 6.07) is 0. The van der Waals surface area contributed by atoms with Gasteiger partial charge in [-0.15, -0.1) is 0 Å². The van der Waals surface area contributed by atoms with Gasteiger partial charge in [0.2, 0.25) is 5.91 Å². The fraction of sp³-hybridized carbons (Fsp3) is 0.944. The van der Waals surface area contributed by atoms with Gasteiger partial charge in [0.15, 0.2) is 0 Å². The second-order valence-electron chi connectivity index (χ2n) is 6.36. The van der Waals surface area contributed by atoms with Gasteiger partial charge in [0.25, 0.3) is 0 Å². The van der Waals surface area contributed by atoms with Crippen LogP contribution < -0.4 is 5.32 Å². The lowest BCUT2D eigenvalue weighted by molar-refractivity contribution is -0.121. The first-order valence-corrected chi connectivity index (χ1v) is 9.08. The van der Waals surface area contributed by atoms with Crippen LogP contribution >= 0.6 is 0 Å². The Morgan fingerprint density at radius 3 is 2.10 bits per heavy atom. The lowest BCUT2D eigenvalue weighted by atomic mass is 10.1. The Morgan fingerprint density at radius 1 is 0.952 bits per heavy atom. The number of carbonyl (C=O) groups excluding carboxylic acids is 1. The molecule has 0 rings (SSSR count). The first kappa shape index (κ1) is 20.4. The molecule has 0 saturated carbocycles. The number of aliphatic hydroxyl groups excluding tert-OH is 1. The number of rotatable bonds is 15. The van der Waals surface area contributed by atoms with E-state index in [1.54, 1.807) is 0 Å². The predicted molar refractivity (Wildman–Crippen MR) is 90.3 cm³/mol. The first-order valence-electron chi connectivity index (χ1n) is 9.08. The van der Waals surface area contributed by atoms with Gasteiger partial charge in [0.05, 0.1) is 0 Å². The second kappa shape index (κ2) is 15.8. The molecule has 0 aliphatic rings. The van der Waals surface area contributed by atoms with Crippen molar-refractivity contribution < 1.29 is 9.90 Å². The number of hydrogen-bond donors (Lipinski definition) is 2. The zero-order valence-corrected chi connectivity index (χ0v) is 14.3. The molecule has 0 aromatic carbocycles. The smallest absolute Gasteiger partial charge is 0.219 e. The van der Waals surface area contributed by atoms with Crippen molar-refractivity contribution in [2.45, 2.75) is 90.9 Å². The number of amides is 1. The summed E-state index contributed by atoms with van der Waals surface area (Å²) in [4.78, 5) is 11.6. The van der Waals surface area contributed by atoms with Gasteiger partial charge >= 0.3 is 0 Å². The van der Waals surface area contributed by atoms with Crippen LogP contribution in [0.15, 0.2) is 0 Å². The van der Waals surface area contributed by atoms with Gasteiger partial charge in [-0.05, 0) is 25.2 Å². The van der Waals surface area contributed by atoms with Crippen LogP contribution in [-0.2, 0) is 4.79 Å². The number of hydrogen-bond acceptors (Lipinski definition) is 2. The van der Waals surface area contributed by atoms with E-state index in [1.165, 1.54) is 51.4 Å². The highest BCUT2D eigenvalue weighted by Crippen LogP contribution is 2.10. The van der Waals surface area contributed by atoms with Crippen molar-refractivity contribution in [1.29, 1.82) is 0 Å². The number of unbranched alkanes of at least 4 members (excludes halogenated alkanes) is 8. The van der Waals surface area contributed by atoms with E-state index >= 15 is 0 Å². The van der Waals surface area contributed by atoms with Crippen molar-refractivity contribution in [1.82, 2.24) is 5.32 Å². The van der Waals surface area contributed by atoms with Gasteiger partial charge in [-0.25, -0.2) is 0 Å². The summed E-state index contributed by atoms with van der Waals surface area (Å²) in [5.41, 5.74) is 0. The number of nitrogens with one attached hydrogen (secondary N) is 1. The molecule has 0 bridgehead atoms. The minimum Gasteiger partial charge on any atom is -0.396 e. The highest BCUT2D eigenvalue weighted by molar-refractivity contribution is 5.75. The zero-order chi connectivity index (χ0) is 15.8. The molecule has 0 aromatic heterocycles. The molecule has 0 aromatic rings. The van der Waals surface area contributed by atoms with Crippen molar-refractivity contribution in [3.05, 3.63) is 0 Å². The fourth-order valence-corrected chi connectivity index (χ4v) is 2.45. The molecular formula is C18H37NO2. The average Bonchev–Trinajstić information content (AvgIpc) is 2.49. The molecule has 1 amide bonds. The van der Waals surface area contributed by atoms with Crippen LogP contribution in [0.25, 0.3) is 0 Å². The summed E-state index contributed by atoms with van der Waals surface area (Å²) in [6.45, 7) is 5.27. The third-order valence-corrected chi connectivity index (χ3v) is 4.01. The van der Waals surface area contributed by atoms with E-state index in [-0.39, 0.29) is 12.5 Å². The van der Waals surface area contributed by atoms with E-state index in [2.05, 4.69) is 12.2 Å². The third kappa shape index (κ3) is 15.6. The summed E-state index contributed by atoms with van der Waals surface area (Å²) in [7, 11) is 0. The molecule has 1 atom stereocenters. The molecule has 0 fully saturated rings. The summed E-state index contributed by atoms with van der Waals surface area (Å²) < 4.78 is 0. The van der Waals surface area contributed by atoms with E-state index in [0.717, 1.165) is 25.8 Å². The maximum Gasteiger partial charge on any atom is 0.219 e. The van der Waals surface area contributed by atoms with Crippen molar-refractivity contribution in [2.24, 2.45) is 5.92 Å². The molecule has 0 spiro atoms. The molecule has 0 aliphatic carbocycles. The largest absolute Gasteiger partial charge is 0.396 e. The summed E-state index contributed by atoms with van der Waals surface area (Å²) in [6.07, 6.45) is 14.2. The Balaban J connectivity index is 3.19. The predicted octanol–water partition coefficient (Wildman–Crippen LogP) is 4.43.